The van der Waals surface area contributed by atoms with Crippen molar-refractivity contribution in [3.63, 3.8) is 0 Å². The molecule has 0 atom stereocenters. The Labute approximate surface area is 177 Å². The molecule has 3 rings (SSSR count). The maximum Gasteiger partial charge on any atom is 0.246 e. The second-order valence-corrected chi connectivity index (χ2v) is 7.20. The number of amides is 1. The fourth-order valence-electron chi connectivity index (χ4n) is 3.55. The highest BCUT2D eigenvalue weighted by Crippen LogP contribution is 2.38. The third kappa shape index (κ3) is 4.76. The molecule has 1 aromatic heterocycles. The van der Waals surface area contributed by atoms with E-state index >= 15 is 0 Å². The average molecular weight is 415 g/mol. The van der Waals surface area contributed by atoms with Crippen LogP contribution < -0.4 is 14.2 Å². The molecular formula is C22H29N3O5. The number of carbonyl (C=O) groups excluding carboxylic acids is 1. The summed E-state index contributed by atoms with van der Waals surface area (Å²) in [5, 5.41) is 4.01. The van der Waals surface area contributed by atoms with E-state index in [1.165, 1.54) is 0 Å². The third-order valence-corrected chi connectivity index (χ3v) is 5.35. The fraction of sp³-hybridized carbons (Fsp3) is 0.455. The molecule has 0 N–H and O–H groups in total. The molecule has 1 aliphatic heterocycles. The lowest BCUT2D eigenvalue weighted by molar-refractivity contribution is -0.127. The molecule has 30 heavy (non-hydrogen) atoms. The van der Waals surface area contributed by atoms with Gasteiger partial charge in [0.2, 0.25) is 11.7 Å². The van der Waals surface area contributed by atoms with Gasteiger partial charge < -0.3 is 23.6 Å². The van der Waals surface area contributed by atoms with Crippen LogP contribution in [0.3, 0.4) is 0 Å². The summed E-state index contributed by atoms with van der Waals surface area (Å²) in [5.41, 5.74) is 2.87. The fourth-order valence-corrected chi connectivity index (χ4v) is 3.55. The van der Waals surface area contributed by atoms with Gasteiger partial charge in [0.15, 0.2) is 11.5 Å². The SMILES string of the molecule is COc1cc(C=CC(=O)N2CCN(Cc3c(C)noc3C)CC2)cc(OC)c1OC. The smallest absolute Gasteiger partial charge is 0.246 e. The number of rotatable bonds is 7. The second-order valence-electron chi connectivity index (χ2n) is 7.20. The molecule has 1 aromatic carbocycles. The Kier molecular flexibility index (Phi) is 6.99. The van der Waals surface area contributed by atoms with Gasteiger partial charge in [0, 0.05) is 44.4 Å². The van der Waals surface area contributed by atoms with E-state index in [1.807, 2.05) is 30.9 Å². The molecule has 0 aliphatic carbocycles. The van der Waals surface area contributed by atoms with Crippen LogP contribution in [0, 0.1) is 13.8 Å². The highest BCUT2D eigenvalue weighted by molar-refractivity contribution is 5.92. The van der Waals surface area contributed by atoms with E-state index in [0.717, 1.165) is 42.2 Å². The van der Waals surface area contributed by atoms with E-state index in [0.29, 0.717) is 30.3 Å². The van der Waals surface area contributed by atoms with Gasteiger partial charge in [-0.15, -0.1) is 0 Å². The summed E-state index contributed by atoms with van der Waals surface area (Å²) in [7, 11) is 4.70. The van der Waals surface area contributed by atoms with E-state index in [4.69, 9.17) is 18.7 Å². The zero-order valence-electron chi connectivity index (χ0n) is 18.2. The van der Waals surface area contributed by atoms with Gasteiger partial charge in [-0.1, -0.05) is 5.16 Å². The van der Waals surface area contributed by atoms with E-state index in [2.05, 4.69) is 10.1 Å². The Balaban J connectivity index is 1.60. The maximum absolute atomic E-state index is 12.6. The zero-order valence-corrected chi connectivity index (χ0v) is 18.2. The van der Waals surface area contributed by atoms with E-state index in [1.54, 1.807) is 33.5 Å². The van der Waals surface area contributed by atoms with Gasteiger partial charge in [0.05, 0.1) is 27.0 Å². The third-order valence-electron chi connectivity index (χ3n) is 5.35. The van der Waals surface area contributed by atoms with E-state index in [9.17, 15) is 4.79 Å². The monoisotopic (exact) mass is 415 g/mol. The Bertz CT molecular complexity index is 869. The topological polar surface area (TPSA) is 77.3 Å². The van der Waals surface area contributed by atoms with Crippen molar-refractivity contribution in [1.29, 1.82) is 0 Å². The summed E-state index contributed by atoms with van der Waals surface area (Å²) >= 11 is 0. The number of aryl methyl sites for hydroxylation is 2. The van der Waals surface area contributed by atoms with Crippen LogP contribution in [0.25, 0.3) is 6.08 Å². The summed E-state index contributed by atoms with van der Waals surface area (Å²) < 4.78 is 21.3. The summed E-state index contributed by atoms with van der Waals surface area (Å²) in [4.78, 5) is 16.8. The number of aromatic nitrogens is 1. The molecule has 2 heterocycles. The molecule has 2 aromatic rings. The summed E-state index contributed by atoms with van der Waals surface area (Å²) in [6, 6.07) is 3.62. The van der Waals surface area contributed by atoms with Crippen molar-refractivity contribution < 1.29 is 23.5 Å². The van der Waals surface area contributed by atoms with Gasteiger partial charge >= 0.3 is 0 Å². The summed E-state index contributed by atoms with van der Waals surface area (Å²) in [5.74, 6) is 2.48. The van der Waals surface area contributed by atoms with Gasteiger partial charge in [-0.3, -0.25) is 9.69 Å². The molecule has 1 saturated heterocycles. The molecule has 1 fully saturated rings. The van der Waals surface area contributed by atoms with Crippen molar-refractivity contribution >= 4 is 12.0 Å². The number of ether oxygens (including phenoxy) is 3. The number of methoxy groups -OCH3 is 3. The van der Waals surface area contributed by atoms with Crippen molar-refractivity contribution in [2.45, 2.75) is 20.4 Å². The molecule has 0 radical (unpaired) electrons. The molecule has 8 nitrogen and oxygen atoms in total. The molecule has 1 amide bonds. The van der Waals surface area contributed by atoms with E-state index < -0.39 is 0 Å². The largest absolute Gasteiger partial charge is 0.493 e. The molecule has 162 valence electrons. The number of hydrogen-bond donors (Lipinski definition) is 0. The first-order valence-electron chi connectivity index (χ1n) is 9.88. The van der Waals surface area contributed by atoms with Crippen LogP contribution in [-0.2, 0) is 11.3 Å². The van der Waals surface area contributed by atoms with Crippen molar-refractivity contribution in [1.82, 2.24) is 15.0 Å². The normalized spacial score (nSPS) is 14.9. The van der Waals surface area contributed by atoms with Crippen LogP contribution in [0.1, 0.15) is 22.6 Å². The molecular weight excluding hydrogens is 386 g/mol. The minimum atomic E-state index is -0.0132. The average Bonchev–Trinajstić information content (AvgIpc) is 3.09. The van der Waals surface area contributed by atoms with Crippen LogP contribution in [-0.4, -0.2) is 68.4 Å². The molecule has 8 heteroatoms. The van der Waals surface area contributed by atoms with Crippen LogP contribution in [0.15, 0.2) is 22.7 Å². The summed E-state index contributed by atoms with van der Waals surface area (Å²) in [6.45, 7) is 7.68. The quantitative estimate of drug-likeness (QED) is 0.644. The Morgan fingerprint density at radius 1 is 1.07 bits per heavy atom. The van der Waals surface area contributed by atoms with Gasteiger partial charge in [-0.25, -0.2) is 0 Å². The van der Waals surface area contributed by atoms with Gasteiger partial charge in [0.1, 0.15) is 5.76 Å². The van der Waals surface area contributed by atoms with Crippen LogP contribution in [0.4, 0.5) is 0 Å². The second kappa shape index (κ2) is 9.67. The lowest BCUT2D eigenvalue weighted by Crippen LogP contribution is -2.47. The minimum Gasteiger partial charge on any atom is -0.493 e. The lowest BCUT2D eigenvalue weighted by Gasteiger charge is -2.34. The van der Waals surface area contributed by atoms with Crippen molar-refractivity contribution in [3.05, 3.63) is 40.8 Å². The Morgan fingerprint density at radius 3 is 2.20 bits per heavy atom. The molecule has 0 unspecified atom stereocenters. The Morgan fingerprint density at radius 2 is 1.70 bits per heavy atom. The molecule has 1 aliphatic rings. The first kappa shape index (κ1) is 21.7. The summed E-state index contributed by atoms with van der Waals surface area (Å²) in [6.07, 6.45) is 3.35. The predicted octanol–water partition coefficient (Wildman–Crippen LogP) is 2.67. The minimum absolute atomic E-state index is 0.0132. The van der Waals surface area contributed by atoms with Gasteiger partial charge in [-0.05, 0) is 37.6 Å². The molecule has 0 bridgehead atoms. The predicted molar refractivity (Wildman–Crippen MR) is 113 cm³/mol. The highest BCUT2D eigenvalue weighted by Gasteiger charge is 2.22. The van der Waals surface area contributed by atoms with Crippen molar-refractivity contribution in [3.8, 4) is 17.2 Å². The van der Waals surface area contributed by atoms with Crippen LogP contribution in [0.5, 0.6) is 17.2 Å². The van der Waals surface area contributed by atoms with Crippen LogP contribution >= 0.6 is 0 Å². The number of carbonyl (C=O) groups is 1. The van der Waals surface area contributed by atoms with Gasteiger partial charge in [0.25, 0.3) is 0 Å². The first-order chi connectivity index (χ1) is 14.5. The number of hydrogen-bond acceptors (Lipinski definition) is 7. The molecule has 0 spiro atoms. The Hall–Kier alpha value is -3.00. The highest BCUT2D eigenvalue weighted by atomic mass is 16.5. The van der Waals surface area contributed by atoms with Crippen molar-refractivity contribution in [2.75, 3.05) is 47.5 Å². The van der Waals surface area contributed by atoms with E-state index in [-0.39, 0.29) is 5.91 Å². The van der Waals surface area contributed by atoms with Crippen LogP contribution in [0.2, 0.25) is 0 Å². The van der Waals surface area contributed by atoms with Crippen molar-refractivity contribution in [2.24, 2.45) is 0 Å². The first-order valence-corrected chi connectivity index (χ1v) is 9.88. The van der Waals surface area contributed by atoms with Gasteiger partial charge in [-0.2, -0.15) is 0 Å². The molecule has 0 saturated carbocycles. The standard InChI is InChI=1S/C22H29N3O5/c1-15-18(16(2)30-23-15)14-24-8-10-25(11-9-24)21(26)7-6-17-12-19(27-3)22(29-5)20(13-17)28-4/h6-7,12-13H,8-11,14H2,1-5H3. The number of benzene rings is 1. The maximum atomic E-state index is 12.6. The zero-order chi connectivity index (χ0) is 21.7. The number of nitrogens with zero attached hydrogens (tertiary/aromatic N) is 3. The lowest BCUT2D eigenvalue weighted by atomic mass is 10.1. The number of piperazine rings is 1.